The van der Waals surface area contributed by atoms with Gasteiger partial charge in [0.25, 0.3) is 0 Å². The number of hydrogen-bond acceptors (Lipinski definition) is 3. The molecule has 1 aromatic rings. The Hall–Kier alpha value is -0.100. The van der Waals surface area contributed by atoms with Crippen LogP contribution in [0.5, 0.6) is 0 Å². The molecular weight excluding hydrogens is 266 g/mol. The average molecular weight is 280 g/mol. The summed E-state index contributed by atoms with van der Waals surface area (Å²) < 4.78 is 27.0. The lowest BCUT2D eigenvalue weighted by Crippen LogP contribution is -2.42. The van der Waals surface area contributed by atoms with Crippen molar-refractivity contribution in [3.05, 3.63) is 17.5 Å². The summed E-state index contributed by atoms with van der Waals surface area (Å²) in [6.45, 7) is 0. The second-order valence-corrected chi connectivity index (χ2v) is 7.41. The topological polar surface area (TPSA) is 46.2 Å². The Morgan fingerprint density at radius 3 is 2.75 bits per heavy atom. The minimum atomic E-state index is -3.37. The lowest BCUT2D eigenvalue weighted by Gasteiger charge is -2.27. The minimum Gasteiger partial charge on any atom is -0.206 e. The largest absolute Gasteiger partial charge is 0.250 e. The third kappa shape index (κ3) is 2.77. The summed E-state index contributed by atoms with van der Waals surface area (Å²) in [6.07, 6.45) is 3.85. The molecule has 90 valence electrons. The molecule has 0 aromatic carbocycles. The van der Waals surface area contributed by atoms with Crippen LogP contribution in [0.1, 0.15) is 25.7 Å². The highest BCUT2D eigenvalue weighted by atomic mass is 35.5. The number of rotatable bonds is 3. The van der Waals surface area contributed by atoms with Crippen molar-refractivity contribution in [2.75, 3.05) is 0 Å². The van der Waals surface area contributed by atoms with Gasteiger partial charge in [-0.15, -0.1) is 22.9 Å². The van der Waals surface area contributed by atoms with E-state index in [1.165, 1.54) is 11.3 Å². The first-order chi connectivity index (χ1) is 7.59. The number of alkyl halides is 1. The maximum absolute atomic E-state index is 11.9. The standard InChI is InChI=1S/C10H14ClNO2S2/c11-8-4-1-2-5-9(8)12-16(13,14)10-6-3-7-15-10/h3,6-9,12H,1-2,4-5H2. The van der Waals surface area contributed by atoms with Crippen LogP contribution in [0.4, 0.5) is 0 Å². The summed E-state index contributed by atoms with van der Waals surface area (Å²) in [5, 5.41) is 1.68. The van der Waals surface area contributed by atoms with Crippen molar-refractivity contribution in [2.45, 2.75) is 41.3 Å². The van der Waals surface area contributed by atoms with Gasteiger partial charge in [-0.1, -0.05) is 18.9 Å². The van der Waals surface area contributed by atoms with Crippen molar-refractivity contribution < 1.29 is 8.42 Å². The first-order valence-electron chi connectivity index (χ1n) is 5.29. The molecule has 1 N–H and O–H groups in total. The van der Waals surface area contributed by atoms with Crippen molar-refractivity contribution in [1.29, 1.82) is 0 Å². The summed E-state index contributed by atoms with van der Waals surface area (Å²) in [5.74, 6) is 0. The fourth-order valence-corrected chi connectivity index (χ4v) is 4.63. The third-order valence-corrected chi connectivity index (χ3v) is 6.16. The van der Waals surface area contributed by atoms with Gasteiger partial charge in [-0.2, -0.15) is 0 Å². The zero-order valence-electron chi connectivity index (χ0n) is 8.73. The van der Waals surface area contributed by atoms with Gasteiger partial charge in [0.05, 0.1) is 0 Å². The zero-order chi connectivity index (χ0) is 11.6. The summed E-state index contributed by atoms with van der Waals surface area (Å²) in [7, 11) is -3.37. The molecule has 2 unspecified atom stereocenters. The highest BCUT2D eigenvalue weighted by molar-refractivity contribution is 7.91. The Morgan fingerprint density at radius 2 is 2.12 bits per heavy atom. The Bertz CT molecular complexity index is 430. The van der Waals surface area contributed by atoms with Crippen molar-refractivity contribution >= 4 is 33.0 Å². The Morgan fingerprint density at radius 1 is 1.38 bits per heavy atom. The fourth-order valence-electron chi connectivity index (χ4n) is 1.89. The van der Waals surface area contributed by atoms with Gasteiger partial charge >= 0.3 is 0 Å². The van der Waals surface area contributed by atoms with E-state index in [9.17, 15) is 8.42 Å². The molecule has 1 heterocycles. The van der Waals surface area contributed by atoms with Gasteiger partial charge in [0, 0.05) is 11.4 Å². The van der Waals surface area contributed by atoms with Crippen LogP contribution in [0.2, 0.25) is 0 Å². The molecule has 3 nitrogen and oxygen atoms in total. The maximum atomic E-state index is 11.9. The average Bonchev–Trinajstić information content (AvgIpc) is 2.75. The van der Waals surface area contributed by atoms with Gasteiger partial charge in [0.1, 0.15) is 4.21 Å². The monoisotopic (exact) mass is 279 g/mol. The summed E-state index contributed by atoms with van der Waals surface area (Å²) in [5.41, 5.74) is 0. The van der Waals surface area contributed by atoms with Crippen LogP contribution < -0.4 is 4.72 Å². The predicted molar refractivity (Wildman–Crippen MR) is 66.5 cm³/mol. The maximum Gasteiger partial charge on any atom is 0.250 e. The summed E-state index contributed by atoms with van der Waals surface area (Å²) in [6, 6.07) is 3.22. The van der Waals surface area contributed by atoms with Crippen LogP contribution in [-0.2, 0) is 10.0 Å². The molecule has 0 spiro atoms. The molecule has 16 heavy (non-hydrogen) atoms. The molecule has 6 heteroatoms. The SMILES string of the molecule is O=S(=O)(NC1CCCCC1Cl)c1cccs1. The van der Waals surface area contributed by atoms with Gasteiger partial charge in [-0.25, -0.2) is 13.1 Å². The van der Waals surface area contributed by atoms with E-state index >= 15 is 0 Å². The molecular formula is C10H14ClNO2S2. The highest BCUT2D eigenvalue weighted by Gasteiger charge is 2.28. The van der Waals surface area contributed by atoms with E-state index in [2.05, 4.69) is 4.72 Å². The molecule has 0 bridgehead atoms. The van der Waals surface area contributed by atoms with E-state index in [-0.39, 0.29) is 11.4 Å². The Labute approximate surface area is 105 Å². The van der Waals surface area contributed by atoms with E-state index in [1.54, 1.807) is 17.5 Å². The molecule has 0 radical (unpaired) electrons. The van der Waals surface area contributed by atoms with Crippen LogP contribution in [-0.4, -0.2) is 19.8 Å². The number of sulfonamides is 1. The van der Waals surface area contributed by atoms with Crippen molar-refractivity contribution in [2.24, 2.45) is 0 Å². The molecule has 1 aromatic heterocycles. The zero-order valence-corrected chi connectivity index (χ0v) is 11.1. The van der Waals surface area contributed by atoms with Crippen LogP contribution in [0.25, 0.3) is 0 Å². The lowest BCUT2D eigenvalue weighted by atomic mass is 9.96. The van der Waals surface area contributed by atoms with Crippen LogP contribution >= 0.6 is 22.9 Å². The van der Waals surface area contributed by atoms with Crippen LogP contribution in [0.3, 0.4) is 0 Å². The second-order valence-electron chi connectivity index (χ2n) is 3.96. The molecule has 1 aliphatic rings. The van der Waals surface area contributed by atoms with Gasteiger partial charge < -0.3 is 0 Å². The lowest BCUT2D eigenvalue weighted by molar-refractivity contribution is 0.418. The van der Waals surface area contributed by atoms with Gasteiger partial charge in [0.2, 0.25) is 10.0 Å². The molecule has 1 aliphatic carbocycles. The Balaban J connectivity index is 2.09. The number of hydrogen-bond donors (Lipinski definition) is 1. The smallest absolute Gasteiger partial charge is 0.206 e. The number of nitrogens with one attached hydrogen (secondary N) is 1. The van der Waals surface area contributed by atoms with Crippen molar-refractivity contribution in [3.8, 4) is 0 Å². The van der Waals surface area contributed by atoms with Gasteiger partial charge in [-0.3, -0.25) is 0 Å². The van der Waals surface area contributed by atoms with Crippen molar-refractivity contribution in [3.63, 3.8) is 0 Å². The van der Waals surface area contributed by atoms with Gasteiger partial charge in [0.15, 0.2) is 0 Å². The number of thiophene rings is 1. The van der Waals surface area contributed by atoms with Crippen LogP contribution in [0.15, 0.2) is 21.7 Å². The first-order valence-corrected chi connectivity index (χ1v) is 8.09. The molecule has 1 saturated carbocycles. The number of halogens is 1. The van der Waals surface area contributed by atoms with E-state index in [0.717, 1.165) is 25.7 Å². The molecule has 2 rings (SSSR count). The fraction of sp³-hybridized carbons (Fsp3) is 0.600. The van der Waals surface area contributed by atoms with E-state index in [4.69, 9.17) is 11.6 Å². The molecule has 1 fully saturated rings. The third-order valence-electron chi connectivity index (χ3n) is 2.75. The highest BCUT2D eigenvalue weighted by Crippen LogP contribution is 2.25. The summed E-state index contributed by atoms with van der Waals surface area (Å²) >= 11 is 7.35. The molecule has 0 amide bonds. The minimum absolute atomic E-state index is 0.0801. The van der Waals surface area contributed by atoms with E-state index in [1.807, 2.05) is 0 Å². The first kappa shape index (κ1) is 12.4. The molecule has 0 aliphatic heterocycles. The quantitative estimate of drug-likeness (QED) is 0.865. The normalized spacial score (nSPS) is 26.8. The molecule has 0 saturated heterocycles. The predicted octanol–water partition coefficient (Wildman–Crippen LogP) is 2.58. The van der Waals surface area contributed by atoms with Crippen LogP contribution in [0, 0.1) is 0 Å². The molecule has 2 atom stereocenters. The summed E-state index contributed by atoms with van der Waals surface area (Å²) in [4.78, 5) is 0. The Kier molecular flexibility index (Phi) is 3.89. The van der Waals surface area contributed by atoms with Crippen molar-refractivity contribution in [1.82, 2.24) is 4.72 Å². The van der Waals surface area contributed by atoms with E-state index < -0.39 is 10.0 Å². The second kappa shape index (κ2) is 5.04. The van der Waals surface area contributed by atoms with Gasteiger partial charge in [-0.05, 0) is 24.3 Å². The van der Waals surface area contributed by atoms with E-state index in [0.29, 0.717) is 4.21 Å².